The molecule has 0 fully saturated rings. The summed E-state index contributed by atoms with van der Waals surface area (Å²) in [6.07, 6.45) is -1.95. The fourth-order valence-corrected chi connectivity index (χ4v) is 2.63. The number of nitrogens with zero attached hydrogens (tertiary/aromatic N) is 3. The molecule has 0 aliphatic heterocycles. The van der Waals surface area contributed by atoms with Crippen LogP contribution in [-0.2, 0) is 19.6 Å². The highest BCUT2D eigenvalue weighted by molar-refractivity contribution is 5.91. The van der Waals surface area contributed by atoms with Crippen LogP contribution in [0.25, 0.3) is 10.4 Å². The van der Waals surface area contributed by atoms with Crippen LogP contribution in [0.2, 0.25) is 0 Å². The van der Waals surface area contributed by atoms with E-state index in [0.29, 0.717) is 16.9 Å². The molecule has 0 aliphatic rings. The Bertz CT molecular complexity index is 883. The number of urea groups is 1. The number of hydrogen-bond donors (Lipinski definition) is 2. The van der Waals surface area contributed by atoms with E-state index in [2.05, 4.69) is 20.7 Å². The van der Waals surface area contributed by atoms with Gasteiger partial charge in [-0.05, 0) is 23.6 Å². The lowest BCUT2D eigenvalue weighted by molar-refractivity contribution is 0.152. The molecule has 2 rings (SSSR count). The van der Waals surface area contributed by atoms with Gasteiger partial charge in [0.15, 0.2) is 0 Å². The predicted molar refractivity (Wildman–Crippen MR) is 102 cm³/mol. The van der Waals surface area contributed by atoms with E-state index in [0.717, 1.165) is 12.0 Å². The van der Waals surface area contributed by atoms with Crippen molar-refractivity contribution in [3.63, 3.8) is 0 Å². The molecule has 0 bridgehead atoms. The Labute approximate surface area is 161 Å². The largest absolute Gasteiger partial charge is 0.489 e. The van der Waals surface area contributed by atoms with Crippen molar-refractivity contribution in [2.45, 2.75) is 32.9 Å². The topological polar surface area (TPSA) is 99.1 Å². The van der Waals surface area contributed by atoms with Gasteiger partial charge in [0, 0.05) is 28.6 Å². The number of benzene rings is 2. The van der Waals surface area contributed by atoms with Gasteiger partial charge in [0.25, 0.3) is 6.43 Å². The van der Waals surface area contributed by atoms with Gasteiger partial charge in [0.1, 0.15) is 12.4 Å². The third-order valence-electron chi connectivity index (χ3n) is 4.10. The number of ether oxygens (including phenoxy) is 1. The van der Waals surface area contributed by atoms with E-state index in [9.17, 15) is 13.6 Å². The third-order valence-corrected chi connectivity index (χ3v) is 4.10. The average molecular weight is 389 g/mol. The zero-order valence-electron chi connectivity index (χ0n) is 15.6. The van der Waals surface area contributed by atoms with Gasteiger partial charge in [0.2, 0.25) is 0 Å². The predicted octanol–water partition coefficient (Wildman–Crippen LogP) is 5.33. The standard InChI is InChI=1S/C19H21F2N5O2/c1-3-12-7-8-16(14(9-12)10-24-26-22)28-11-13-5-4-6-15(18(20)21)17(13)25-19(27)23-2/h4-9,18H,3,10-11H2,1-2H3,(H2,23,25,27). The molecule has 2 aromatic rings. The summed E-state index contributed by atoms with van der Waals surface area (Å²) in [5, 5.41) is 8.35. The van der Waals surface area contributed by atoms with Gasteiger partial charge in [-0.2, -0.15) is 0 Å². The highest BCUT2D eigenvalue weighted by Crippen LogP contribution is 2.31. The number of hydrogen-bond acceptors (Lipinski definition) is 3. The van der Waals surface area contributed by atoms with Crippen molar-refractivity contribution in [3.05, 3.63) is 69.1 Å². The third kappa shape index (κ3) is 5.34. The van der Waals surface area contributed by atoms with E-state index in [-0.39, 0.29) is 24.4 Å². The highest BCUT2D eigenvalue weighted by atomic mass is 19.3. The maximum absolute atomic E-state index is 13.4. The lowest BCUT2D eigenvalue weighted by Gasteiger charge is -2.17. The number of nitrogens with one attached hydrogen (secondary N) is 2. The molecule has 7 nitrogen and oxygen atoms in total. The van der Waals surface area contributed by atoms with Crippen molar-refractivity contribution in [1.82, 2.24) is 5.32 Å². The number of aryl methyl sites for hydroxylation is 1. The first-order valence-corrected chi connectivity index (χ1v) is 8.64. The van der Waals surface area contributed by atoms with Gasteiger partial charge in [-0.1, -0.05) is 42.4 Å². The van der Waals surface area contributed by atoms with Crippen LogP contribution in [0.5, 0.6) is 5.75 Å². The lowest BCUT2D eigenvalue weighted by atomic mass is 10.1. The number of carbonyl (C=O) groups excluding carboxylic acids is 1. The fraction of sp³-hybridized carbons (Fsp3) is 0.316. The minimum absolute atomic E-state index is 0.0126. The molecule has 148 valence electrons. The van der Waals surface area contributed by atoms with E-state index in [4.69, 9.17) is 10.3 Å². The van der Waals surface area contributed by atoms with Crippen molar-refractivity contribution in [2.24, 2.45) is 5.11 Å². The number of carbonyl (C=O) groups is 1. The van der Waals surface area contributed by atoms with Gasteiger partial charge in [-0.25, -0.2) is 13.6 Å². The molecule has 0 unspecified atom stereocenters. The van der Waals surface area contributed by atoms with Crippen LogP contribution in [-0.4, -0.2) is 13.1 Å². The Balaban J connectivity index is 2.32. The van der Waals surface area contributed by atoms with Crippen molar-refractivity contribution >= 4 is 11.7 Å². The maximum Gasteiger partial charge on any atom is 0.318 e. The molecule has 2 aromatic carbocycles. The first-order chi connectivity index (χ1) is 13.5. The van der Waals surface area contributed by atoms with Crippen LogP contribution in [0, 0.1) is 0 Å². The number of amides is 2. The highest BCUT2D eigenvalue weighted by Gasteiger charge is 2.18. The maximum atomic E-state index is 13.4. The van der Waals surface area contributed by atoms with Crippen LogP contribution in [0.1, 0.15) is 35.6 Å². The molecular weight excluding hydrogens is 368 g/mol. The SMILES string of the molecule is CCc1ccc(OCc2cccc(C(F)F)c2NC(=O)NC)c(CN=[N+]=[N-])c1. The Morgan fingerprint density at radius 3 is 2.71 bits per heavy atom. The second-order valence-electron chi connectivity index (χ2n) is 5.86. The second kappa shape index (κ2) is 10.1. The zero-order chi connectivity index (χ0) is 20.5. The smallest absolute Gasteiger partial charge is 0.318 e. The van der Waals surface area contributed by atoms with Crippen molar-refractivity contribution in [2.75, 3.05) is 12.4 Å². The van der Waals surface area contributed by atoms with Crippen molar-refractivity contribution < 1.29 is 18.3 Å². The number of alkyl halides is 2. The molecule has 28 heavy (non-hydrogen) atoms. The Morgan fingerprint density at radius 2 is 2.07 bits per heavy atom. The monoisotopic (exact) mass is 389 g/mol. The number of azide groups is 1. The van der Waals surface area contributed by atoms with Crippen LogP contribution in [0.15, 0.2) is 41.5 Å². The number of halogens is 2. The Hall–Kier alpha value is -3.32. The van der Waals surface area contributed by atoms with Gasteiger partial charge in [-0.3, -0.25) is 0 Å². The lowest BCUT2D eigenvalue weighted by Crippen LogP contribution is -2.26. The molecule has 0 saturated heterocycles. The first kappa shape index (κ1) is 21.0. The van der Waals surface area contributed by atoms with Gasteiger partial charge < -0.3 is 15.4 Å². The molecule has 2 amide bonds. The minimum atomic E-state index is -2.75. The molecule has 0 aliphatic carbocycles. The number of para-hydroxylation sites is 1. The molecule has 0 radical (unpaired) electrons. The molecule has 0 atom stereocenters. The summed E-state index contributed by atoms with van der Waals surface area (Å²) < 4.78 is 32.5. The molecule has 2 N–H and O–H groups in total. The molecular formula is C19H21F2N5O2. The second-order valence-corrected chi connectivity index (χ2v) is 5.86. The molecule has 0 heterocycles. The van der Waals surface area contributed by atoms with E-state index < -0.39 is 12.5 Å². The van der Waals surface area contributed by atoms with Gasteiger partial charge in [0.05, 0.1) is 12.2 Å². The summed E-state index contributed by atoms with van der Waals surface area (Å²) in [6.45, 7) is 2.06. The summed E-state index contributed by atoms with van der Waals surface area (Å²) in [5.41, 5.74) is 10.4. The number of rotatable bonds is 8. The van der Waals surface area contributed by atoms with Crippen LogP contribution < -0.4 is 15.4 Å². The quantitative estimate of drug-likeness (QED) is 0.362. The van der Waals surface area contributed by atoms with E-state index in [1.807, 2.05) is 19.1 Å². The van der Waals surface area contributed by atoms with Crippen molar-refractivity contribution in [1.29, 1.82) is 0 Å². The fourth-order valence-electron chi connectivity index (χ4n) is 2.63. The van der Waals surface area contributed by atoms with Crippen LogP contribution >= 0.6 is 0 Å². The van der Waals surface area contributed by atoms with E-state index in [1.165, 1.54) is 19.2 Å². The molecule has 0 spiro atoms. The summed E-state index contributed by atoms with van der Waals surface area (Å²) in [7, 11) is 1.40. The summed E-state index contributed by atoms with van der Waals surface area (Å²) in [5.74, 6) is 0.484. The zero-order valence-corrected chi connectivity index (χ0v) is 15.6. The number of anilines is 1. The van der Waals surface area contributed by atoms with Crippen LogP contribution in [0.4, 0.5) is 19.3 Å². The normalized spacial score (nSPS) is 10.3. The molecule has 0 saturated carbocycles. The summed E-state index contributed by atoms with van der Waals surface area (Å²) in [4.78, 5) is 14.4. The van der Waals surface area contributed by atoms with Gasteiger partial charge in [-0.15, -0.1) is 0 Å². The van der Waals surface area contributed by atoms with Crippen LogP contribution in [0.3, 0.4) is 0 Å². The average Bonchev–Trinajstić information content (AvgIpc) is 2.71. The summed E-state index contributed by atoms with van der Waals surface area (Å²) in [6, 6.07) is 9.25. The first-order valence-electron chi connectivity index (χ1n) is 8.64. The molecule has 9 heteroatoms. The Morgan fingerprint density at radius 1 is 1.29 bits per heavy atom. The van der Waals surface area contributed by atoms with Gasteiger partial charge >= 0.3 is 6.03 Å². The summed E-state index contributed by atoms with van der Waals surface area (Å²) >= 11 is 0. The Kier molecular flexibility index (Phi) is 7.59. The molecule has 0 aromatic heterocycles. The van der Waals surface area contributed by atoms with E-state index >= 15 is 0 Å². The van der Waals surface area contributed by atoms with Crippen molar-refractivity contribution in [3.8, 4) is 5.75 Å². The minimum Gasteiger partial charge on any atom is -0.489 e. The van der Waals surface area contributed by atoms with E-state index in [1.54, 1.807) is 12.1 Å².